The number of benzene rings is 1. The highest BCUT2D eigenvalue weighted by Crippen LogP contribution is 2.39. The number of amides is 1. The molecule has 0 atom stereocenters. The first kappa shape index (κ1) is 23.4. The molecule has 8 heteroatoms. The third-order valence-electron chi connectivity index (χ3n) is 5.09. The van der Waals surface area contributed by atoms with Gasteiger partial charge in [-0.3, -0.25) is 9.10 Å². The SMILES string of the molecule is CCSN1CCC(CNC(=O)c2ccc(Cl)cc2C(F)(F)F)(CC(C)C)CC1. The molecule has 1 N–H and O–H groups in total. The van der Waals surface area contributed by atoms with E-state index in [2.05, 4.69) is 30.4 Å². The topological polar surface area (TPSA) is 32.3 Å². The summed E-state index contributed by atoms with van der Waals surface area (Å²) in [6.45, 7) is 8.63. The third-order valence-corrected chi connectivity index (χ3v) is 6.32. The quantitative estimate of drug-likeness (QED) is 0.541. The summed E-state index contributed by atoms with van der Waals surface area (Å²) in [5.74, 6) is 0.770. The van der Waals surface area contributed by atoms with Crippen LogP contribution in [0.2, 0.25) is 5.02 Å². The molecular formula is C20H28ClF3N2OS. The second-order valence-electron chi connectivity index (χ2n) is 7.82. The lowest BCUT2D eigenvalue weighted by Gasteiger charge is -2.42. The van der Waals surface area contributed by atoms with Crippen molar-refractivity contribution in [3.05, 3.63) is 34.3 Å². The van der Waals surface area contributed by atoms with Gasteiger partial charge in [-0.1, -0.05) is 44.3 Å². The van der Waals surface area contributed by atoms with Gasteiger partial charge in [-0.25, -0.2) is 0 Å². The maximum atomic E-state index is 13.3. The summed E-state index contributed by atoms with van der Waals surface area (Å²) in [6.07, 6.45) is -1.85. The molecular weight excluding hydrogens is 409 g/mol. The summed E-state index contributed by atoms with van der Waals surface area (Å²) in [5, 5.41) is 2.75. The largest absolute Gasteiger partial charge is 0.417 e. The number of nitrogens with zero attached hydrogens (tertiary/aromatic N) is 1. The van der Waals surface area contributed by atoms with Gasteiger partial charge in [-0.05, 0) is 48.8 Å². The molecule has 1 aromatic carbocycles. The lowest BCUT2D eigenvalue weighted by atomic mass is 9.73. The summed E-state index contributed by atoms with van der Waals surface area (Å²) in [5.41, 5.74) is -1.46. The van der Waals surface area contributed by atoms with E-state index in [1.54, 1.807) is 0 Å². The summed E-state index contributed by atoms with van der Waals surface area (Å²) < 4.78 is 42.2. The maximum absolute atomic E-state index is 13.3. The zero-order valence-electron chi connectivity index (χ0n) is 16.5. The van der Waals surface area contributed by atoms with Crippen LogP contribution in [-0.2, 0) is 6.18 Å². The number of nitrogens with one attached hydrogen (secondary N) is 1. The number of hydrogen-bond acceptors (Lipinski definition) is 3. The molecule has 0 unspecified atom stereocenters. The number of alkyl halides is 3. The number of piperidine rings is 1. The molecule has 158 valence electrons. The van der Waals surface area contributed by atoms with Gasteiger partial charge < -0.3 is 5.32 Å². The van der Waals surface area contributed by atoms with Crippen molar-refractivity contribution in [3.8, 4) is 0 Å². The van der Waals surface area contributed by atoms with Crippen LogP contribution in [0.15, 0.2) is 18.2 Å². The average Bonchev–Trinajstić information content (AvgIpc) is 2.61. The van der Waals surface area contributed by atoms with E-state index in [4.69, 9.17) is 11.6 Å². The Kier molecular flexibility index (Phi) is 8.11. The summed E-state index contributed by atoms with van der Waals surface area (Å²) in [4.78, 5) is 12.6. The molecule has 1 fully saturated rings. The van der Waals surface area contributed by atoms with Gasteiger partial charge in [0.15, 0.2) is 0 Å². The Bertz CT molecular complexity index is 674. The van der Waals surface area contributed by atoms with E-state index in [9.17, 15) is 18.0 Å². The Hall–Kier alpha value is -0.920. The molecule has 1 heterocycles. The minimum Gasteiger partial charge on any atom is -0.351 e. The van der Waals surface area contributed by atoms with Crippen molar-refractivity contribution in [2.45, 2.75) is 46.2 Å². The van der Waals surface area contributed by atoms with E-state index in [-0.39, 0.29) is 16.0 Å². The van der Waals surface area contributed by atoms with Crippen LogP contribution in [0.1, 0.15) is 56.0 Å². The summed E-state index contributed by atoms with van der Waals surface area (Å²) >= 11 is 7.51. The first-order chi connectivity index (χ1) is 13.1. The van der Waals surface area contributed by atoms with Crippen LogP contribution in [0, 0.1) is 11.3 Å². The number of rotatable bonds is 7. The molecule has 1 aliphatic heterocycles. The molecule has 1 aromatic rings. The van der Waals surface area contributed by atoms with E-state index in [1.165, 1.54) is 6.07 Å². The first-order valence-electron chi connectivity index (χ1n) is 9.59. The Labute approximate surface area is 174 Å². The van der Waals surface area contributed by atoms with Crippen molar-refractivity contribution in [2.75, 3.05) is 25.4 Å². The van der Waals surface area contributed by atoms with Crippen molar-refractivity contribution in [1.82, 2.24) is 9.62 Å². The number of halogens is 4. The lowest BCUT2D eigenvalue weighted by molar-refractivity contribution is -0.137. The van der Waals surface area contributed by atoms with Crippen LogP contribution in [0.4, 0.5) is 13.2 Å². The van der Waals surface area contributed by atoms with Crippen LogP contribution in [0.3, 0.4) is 0 Å². The molecule has 2 rings (SSSR count). The molecule has 1 aliphatic rings. The Morgan fingerprint density at radius 3 is 2.50 bits per heavy atom. The van der Waals surface area contributed by atoms with Crippen LogP contribution in [0.5, 0.6) is 0 Å². The minimum atomic E-state index is -4.63. The number of carbonyl (C=O) groups excluding carboxylic acids is 1. The van der Waals surface area contributed by atoms with Gasteiger partial charge >= 0.3 is 6.18 Å². The fourth-order valence-electron chi connectivity index (χ4n) is 3.90. The van der Waals surface area contributed by atoms with Crippen LogP contribution in [0.25, 0.3) is 0 Å². The van der Waals surface area contributed by atoms with E-state index < -0.39 is 17.6 Å². The van der Waals surface area contributed by atoms with Gasteiger partial charge in [-0.2, -0.15) is 13.2 Å². The predicted octanol–water partition coefficient (Wildman–Crippen LogP) is 5.89. The fraction of sp³-hybridized carbons (Fsp3) is 0.650. The molecule has 3 nitrogen and oxygen atoms in total. The fourth-order valence-corrected chi connectivity index (χ4v) is 4.88. The molecule has 0 spiro atoms. The molecule has 0 saturated carbocycles. The zero-order chi connectivity index (χ0) is 20.9. The van der Waals surface area contributed by atoms with Crippen molar-refractivity contribution >= 4 is 29.5 Å². The number of carbonyl (C=O) groups is 1. The molecule has 1 saturated heterocycles. The first-order valence-corrected chi connectivity index (χ1v) is 10.9. The summed E-state index contributed by atoms with van der Waals surface area (Å²) in [7, 11) is 0. The van der Waals surface area contributed by atoms with E-state index in [0.717, 1.165) is 50.2 Å². The monoisotopic (exact) mass is 436 g/mol. The molecule has 0 radical (unpaired) electrons. The maximum Gasteiger partial charge on any atom is 0.417 e. The van der Waals surface area contributed by atoms with Gasteiger partial charge in [0.05, 0.1) is 11.1 Å². The molecule has 0 aliphatic carbocycles. The predicted molar refractivity (Wildman–Crippen MR) is 110 cm³/mol. The molecule has 28 heavy (non-hydrogen) atoms. The van der Waals surface area contributed by atoms with E-state index >= 15 is 0 Å². The highest BCUT2D eigenvalue weighted by molar-refractivity contribution is 7.96. The minimum absolute atomic E-state index is 0.0408. The molecule has 0 aromatic heterocycles. The van der Waals surface area contributed by atoms with Gasteiger partial charge in [-0.15, -0.1) is 0 Å². The smallest absolute Gasteiger partial charge is 0.351 e. The van der Waals surface area contributed by atoms with Crippen molar-refractivity contribution < 1.29 is 18.0 Å². The van der Waals surface area contributed by atoms with E-state index in [0.29, 0.717) is 12.5 Å². The Balaban J connectivity index is 2.13. The van der Waals surface area contributed by atoms with Crippen LogP contribution < -0.4 is 5.32 Å². The highest BCUT2D eigenvalue weighted by Gasteiger charge is 2.38. The third kappa shape index (κ3) is 6.29. The zero-order valence-corrected chi connectivity index (χ0v) is 18.1. The van der Waals surface area contributed by atoms with Gasteiger partial charge in [0, 0.05) is 30.4 Å². The second-order valence-corrected chi connectivity index (χ2v) is 9.60. The van der Waals surface area contributed by atoms with Crippen molar-refractivity contribution in [2.24, 2.45) is 11.3 Å². The second kappa shape index (κ2) is 9.72. The standard InChI is InChI=1S/C20H28ClF3N2OS/c1-4-28-26-9-7-19(8-10-26,12-14(2)3)13-25-18(27)16-6-5-15(21)11-17(16)20(22,23)24/h5-6,11,14H,4,7-10,12-13H2,1-3H3,(H,25,27). The Morgan fingerprint density at radius 2 is 1.96 bits per heavy atom. The van der Waals surface area contributed by atoms with E-state index in [1.807, 2.05) is 11.9 Å². The van der Waals surface area contributed by atoms with Gasteiger partial charge in [0.2, 0.25) is 0 Å². The lowest BCUT2D eigenvalue weighted by Crippen LogP contribution is -2.45. The molecule has 1 amide bonds. The van der Waals surface area contributed by atoms with Crippen molar-refractivity contribution in [3.63, 3.8) is 0 Å². The van der Waals surface area contributed by atoms with Gasteiger partial charge in [0.25, 0.3) is 5.91 Å². The molecule has 0 bridgehead atoms. The average molecular weight is 437 g/mol. The van der Waals surface area contributed by atoms with Crippen LogP contribution in [-0.4, -0.2) is 35.6 Å². The summed E-state index contributed by atoms with van der Waals surface area (Å²) in [6, 6.07) is 3.27. The van der Waals surface area contributed by atoms with Crippen LogP contribution >= 0.6 is 23.5 Å². The number of hydrogen-bond donors (Lipinski definition) is 1. The van der Waals surface area contributed by atoms with Crippen molar-refractivity contribution in [1.29, 1.82) is 0 Å². The van der Waals surface area contributed by atoms with Gasteiger partial charge in [0.1, 0.15) is 0 Å². The Morgan fingerprint density at radius 1 is 1.32 bits per heavy atom. The normalized spacial score (nSPS) is 17.7. The highest BCUT2D eigenvalue weighted by atomic mass is 35.5.